The van der Waals surface area contributed by atoms with Crippen molar-refractivity contribution in [3.8, 4) is 17.2 Å². The monoisotopic (exact) mass is 409 g/mol. The molecule has 1 N–H and O–H groups in total. The zero-order valence-electron chi connectivity index (χ0n) is 16.0. The first kappa shape index (κ1) is 19.4. The Kier molecular flexibility index (Phi) is 5.83. The lowest BCUT2D eigenvalue weighted by atomic mass is 10.1. The number of benzene rings is 2. The minimum absolute atomic E-state index is 0.298. The standard InChI is InChI=1S/C20H19N5O5/c26-19(21-7-6-14-4-5-17-18(10-14)29-9-8-28-17)12-30-20(27)15-2-1-3-16(11-15)25-13-22-23-24-25/h1-5,10-11,13H,6-9,12H2,(H,21,26). The van der Waals surface area contributed by atoms with Gasteiger partial charge in [-0.05, 0) is 52.7 Å². The second-order valence-electron chi connectivity index (χ2n) is 6.46. The van der Waals surface area contributed by atoms with Crippen molar-refractivity contribution in [2.45, 2.75) is 6.42 Å². The molecule has 0 bridgehead atoms. The van der Waals surface area contributed by atoms with Gasteiger partial charge in [0, 0.05) is 6.54 Å². The summed E-state index contributed by atoms with van der Waals surface area (Å²) in [5.74, 6) is 0.456. The average Bonchev–Trinajstić information content (AvgIpc) is 3.32. The number of carbonyl (C=O) groups excluding carboxylic acids is 2. The molecule has 4 rings (SSSR count). The van der Waals surface area contributed by atoms with Crippen LogP contribution in [0.15, 0.2) is 48.8 Å². The second-order valence-corrected chi connectivity index (χ2v) is 6.46. The van der Waals surface area contributed by atoms with Crippen molar-refractivity contribution in [1.29, 1.82) is 0 Å². The molecule has 0 aliphatic carbocycles. The van der Waals surface area contributed by atoms with Gasteiger partial charge in [-0.25, -0.2) is 9.48 Å². The molecule has 1 aromatic heterocycles. The van der Waals surface area contributed by atoms with E-state index in [2.05, 4.69) is 20.8 Å². The first-order valence-corrected chi connectivity index (χ1v) is 9.35. The largest absolute Gasteiger partial charge is 0.486 e. The van der Waals surface area contributed by atoms with Crippen LogP contribution in [-0.2, 0) is 16.0 Å². The lowest BCUT2D eigenvalue weighted by Gasteiger charge is -2.18. The van der Waals surface area contributed by atoms with Crippen molar-refractivity contribution in [2.24, 2.45) is 0 Å². The SMILES string of the molecule is O=C(COC(=O)c1cccc(-n2cnnn2)c1)NCCc1ccc2c(c1)OCCO2. The number of tetrazole rings is 1. The zero-order valence-corrected chi connectivity index (χ0v) is 16.0. The van der Waals surface area contributed by atoms with E-state index in [4.69, 9.17) is 14.2 Å². The smallest absolute Gasteiger partial charge is 0.338 e. The fourth-order valence-electron chi connectivity index (χ4n) is 2.91. The molecule has 3 aromatic rings. The number of amides is 1. The summed E-state index contributed by atoms with van der Waals surface area (Å²) in [4.78, 5) is 24.2. The number of hydrogen-bond donors (Lipinski definition) is 1. The number of hydrogen-bond acceptors (Lipinski definition) is 8. The van der Waals surface area contributed by atoms with E-state index in [1.165, 1.54) is 11.0 Å². The molecule has 0 saturated heterocycles. The van der Waals surface area contributed by atoms with Crippen LogP contribution in [0.3, 0.4) is 0 Å². The summed E-state index contributed by atoms with van der Waals surface area (Å²) < 4.78 is 17.5. The van der Waals surface area contributed by atoms with Crippen LogP contribution in [-0.4, -0.2) is 58.4 Å². The predicted octanol–water partition coefficient (Wildman–Crippen LogP) is 0.949. The summed E-state index contributed by atoms with van der Waals surface area (Å²) in [6.45, 7) is 1.11. The molecule has 1 aliphatic rings. The molecule has 2 aromatic carbocycles. The highest BCUT2D eigenvalue weighted by atomic mass is 16.6. The zero-order chi connectivity index (χ0) is 20.8. The molecule has 0 fully saturated rings. The van der Waals surface area contributed by atoms with Gasteiger partial charge in [0.15, 0.2) is 18.1 Å². The number of aromatic nitrogens is 4. The first-order chi connectivity index (χ1) is 14.7. The maximum atomic E-state index is 12.2. The van der Waals surface area contributed by atoms with Crippen molar-refractivity contribution in [3.05, 3.63) is 59.9 Å². The summed E-state index contributed by atoms with van der Waals surface area (Å²) in [7, 11) is 0. The van der Waals surface area contributed by atoms with Gasteiger partial charge in [0.25, 0.3) is 5.91 Å². The van der Waals surface area contributed by atoms with Gasteiger partial charge < -0.3 is 19.5 Å². The van der Waals surface area contributed by atoms with E-state index in [9.17, 15) is 9.59 Å². The third-order valence-corrected chi connectivity index (χ3v) is 4.37. The van der Waals surface area contributed by atoms with Crippen molar-refractivity contribution in [3.63, 3.8) is 0 Å². The first-order valence-electron chi connectivity index (χ1n) is 9.35. The number of rotatable bonds is 7. The number of carbonyl (C=O) groups is 2. The van der Waals surface area contributed by atoms with Crippen LogP contribution < -0.4 is 14.8 Å². The Morgan fingerprint density at radius 3 is 2.80 bits per heavy atom. The van der Waals surface area contributed by atoms with E-state index in [1.54, 1.807) is 24.3 Å². The minimum atomic E-state index is -0.605. The molecule has 0 unspecified atom stereocenters. The summed E-state index contributed by atoms with van der Waals surface area (Å²) in [5.41, 5.74) is 1.92. The van der Waals surface area contributed by atoms with Gasteiger partial charge in [-0.3, -0.25) is 4.79 Å². The van der Waals surface area contributed by atoms with Crippen molar-refractivity contribution in [1.82, 2.24) is 25.5 Å². The van der Waals surface area contributed by atoms with Crippen LogP contribution in [0.25, 0.3) is 5.69 Å². The van der Waals surface area contributed by atoms with Gasteiger partial charge in [-0.2, -0.15) is 0 Å². The van der Waals surface area contributed by atoms with Gasteiger partial charge >= 0.3 is 5.97 Å². The molecule has 10 nitrogen and oxygen atoms in total. The van der Waals surface area contributed by atoms with Crippen LogP contribution in [0.5, 0.6) is 11.5 Å². The Morgan fingerprint density at radius 1 is 1.10 bits per heavy atom. The molecular weight excluding hydrogens is 390 g/mol. The fourth-order valence-corrected chi connectivity index (χ4v) is 2.91. The highest BCUT2D eigenvalue weighted by Crippen LogP contribution is 2.30. The average molecular weight is 409 g/mol. The van der Waals surface area contributed by atoms with Crippen LogP contribution in [0.1, 0.15) is 15.9 Å². The molecule has 0 atom stereocenters. The van der Waals surface area contributed by atoms with Crippen molar-refractivity contribution < 1.29 is 23.8 Å². The Balaban J connectivity index is 1.23. The summed E-state index contributed by atoms with van der Waals surface area (Å²) >= 11 is 0. The number of fused-ring (bicyclic) bond motifs is 1. The molecule has 2 heterocycles. The van der Waals surface area contributed by atoms with Gasteiger partial charge in [-0.15, -0.1) is 5.10 Å². The number of nitrogens with one attached hydrogen (secondary N) is 1. The van der Waals surface area contributed by atoms with Crippen molar-refractivity contribution in [2.75, 3.05) is 26.4 Å². The molecule has 30 heavy (non-hydrogen) atoms. The van der Waals surface area contributed by atoms with E-state index in [0.717, 1.165) is 11.3 Å². The summed E-state index contributed by atoms with van der Waals surface area (Å²) in [6, 6.07) is 12.3. The minimum Gasteiger partial charge on any atom is -0.486 e. The topological polar surface area (TPSA) is 117 Å². The van der Waals surface area contributed by atoms with Crippen LogP contribution in [0.4, 0.5) is 0 Å². The summed E-state index contributed by atoms with van der Waals surface area (Å²) in [6.07, 6.45) is 2.03. The van der Waals surface area contributed by atoms with Gasteiger partial charge in [0.2, 0.25) is 0 Å². The Morgan fingerprint density at radius 2 is 1.97 bits per heavy atom. The Bertz CT molecular complexity index is 1040. The van der Waals surface area contributed by atoms with Gasteiger partial charge in [0.05, 0.1) is 11.3 Å². The van der Waals surface area contributed by atoms with Crippen LogP contribution in [0, 0.1) is 0 Å². The highest BCUT2D eigenvalue weighted by Gasteiger charge is 2.13. The van der Waals surface area contributed by atoms with E-state index in [0.29, 0.717) is 43.2 Å². The quantitative estimate of drug-likeness (QED) is 0.573. The van der Waals surface area contributed by atoms with E-state index in [-0.39, 0.29) is 12.5 Å². The fraction of sp³-hybridized carbons (Fsp3) is 0.250. The Hall–Kier alpha value is -3.95. The maximum Gasteiger partial charge on any atom is 0.338 e. The van der Waals surface area contributed by atoms with E-state index >= 15 is 0 Å². The lowest BCUT2D eigenvalue weighted by Crippen LogP contribution is -2.30. The number of esters is 1. The second kappa shape index (κ2) is 9.03. The highest BCUT2D eigenvalue weighted by molar-refractivity contribution is 5.91. The molecule has 0 saturated carbocycles. The Labute approximate surface area is 171 Å². The lowest BCUT2D eigenvalue weighted by molar-refractivity contribution is -0.124. The van der Waals surface area contributed by atoms with Crippen LogP contribution in [0.2, 0.25) is 0 Å². The summed E-state index contributed by atoms with van der Waals surface area (Å²) in [5, 5.41) is 13.6. The predicted molar refractivity (Wildman–Crippen MR) is 104 cm³/mol. The molecule has 1 amide bonds. The molecule has 154 valence electrons. The third-order valence-electron chi connectivity index (χ3n) is 4.37. The normalized spacial score (nSPS) is 12.3. The number of ether oxygens (including phenoxy) is 3. The third kappa shape index (κ3) is 4.72. The maximum absolute atomic E-state index is 12.2. The van der Waals surface area contributed by atoms with Crippen LogP contribution >= 0.6 is 0 Å². The van der Waals surface area contributed by atoms with E-state index in [1.807, 2.05) is 18.2 Å². The molecule has 0 spiro atoms. The van der Waals surface area contributed by atoms with Gasteiger partial charge in [-0.1, -0.05) is 12.1 Å². The molecule has 10 heteroatoms. The number of nitrogens with zero attached hydrogens (tertiary/aromatic N) is 4. The molecular formula is C20H19N5O5. The van der Waals surface area contributed by atoms with Gasteiger partial charge in [0.1, 0.15) is 19.5 Å². The van der Waals surface area contributed by atoms with Crippen molar-refractivity contribution >= 4 is 11.9 Å². The molecule has 1 aliphatic heterocycles. The van der Waals surface area contributed by atoms with E-state index < -0.39 is 5.97 Å². The molecule has 0 radical (unpaired) electrons.